The second-order valence-electron chi connectivity index (χ2n) is 8.43. The molecule has 0 spiro atoms. The van der Waals surface area contributed by atoms with Crippen molar-refractivity contribution in [1.82, 2.24) is 24.1 Å². The van der Waals surface area contributed by atoms with Crippen molar-refractivity contribution in [2.45, 2.75) is 45.8 Å². The summed E-state index contributed by atoms with van der Waals surface area (Å²) in [6.45, 7) is 6.59. The first-order valence-electron chi connectivity index (χ1n) is 10.9. The monoisotopic (exact) mass is 449 g/mol. The molecule has 1 atom stereocenters. The van der Waals surface area contributed by atoms with Gasteiger partial charge in [0, 0.05) is 24.0 Å². The molecule has 8 nitrogen and oxygen atoms in total. The lowest BCUT2D eigenvalue weighted by atomic mass is 10.1. The molecule has 4 aromatic rings. The molecule has 2 N–H and O–H groups in total. The summed E-state index contributed by atoms with van der Waals surface area (Å²) >= 11 is 1.62. The Kier molecular flexibility index (Phi) is 5.52. The molecule has 32 heavy (non-hydrogen) atoms. The maximum absolute atomic E-state index is 13.6. The van der Waals surface area contributed by atoms with E-state index in [2.05, 4.69) is 27.0 Å². The van der Waals surface area contributed by atoms with Crippen LogP contribution >= 0.6 is 11.3 Å². The number of hydrogen-bond acceptors (Lipinski definition) is 7. The van der Waals surface area contributed by atoms with Crippen LogP contribution in [0.4, 0.5) is 5.95 Å². The number of aryl methyl sites for hydroxylation is 2. The van der Waals surface area contributed by atoms with E-state index in [1.165, 1.54) is 4.88 Å². The summed E-state index contributed by atoms with van der Waals surface area (Å²) < 4.78 is 3.64. The average molecular weight is 450 g/mol. The van der Waals surface area contributed by atoms with E-state index in [9.17, 15) is 4.79 Å². The molecule has 0 aliphatic carbocycles. The van der Waals surface area contributed by atoms with Crippen LogP contribution in [0.3, 0.4) is 0 Å². The molecule has 1 aliphatic heterocycles. The summed E-state index contributed by atoms with van der Waals surface area (Å²) in [7, 11) is 0. The largest absolute Gasteiger partial charge is 0.341 e. The number of rotatable bonds is 5. The zero-order chi connectivity index (χ0) is 22.2. The Bertz CT molecular complexity index is 1290. The Balaban J connectivity index is 1.62. The van der Waals surface area contributed by atoms with Gasteiger partial charge in [-0.2, -0.15) is 4.98 Å². The van der Waals surface area contributed by atoms with Crippen LogP contribution in [0.15, 0.2) is 41.5 Å². The highest BCUT2D eigenvalue weighted by Crippen LogP contribution is 2.24. The molecule has 3 aromatic heterocycles. The fourth-order valence-corrected chi connectivity index (χ4v) is 5.19. The molecule has 1 saturated heterocycles. The van der Waals surface area contributed by atoms with Crippen LogP contribution in [0.5, 0.6) is 0 Å². The van der Waals surface area contributed by atoms with Crippen LogP contribution in [-0.2, 0) is 13.1 Å². The number of imidazole rings is 1. The number of aromatic nitrogens is 5. The van der Waals surface area contributed by atoms with Gasteiger partial charge in [0.2, 0.25) is 5.95 Å². The van der Waals surface area contributed by atoms with Gasteiger partial charge in [0.1, 0.15) is 11.3 Å². The Hall–Kier alpha value is -3.04. The molecule has 1 unspecified atom stereocenters. The molecular formula is C23H27N7OS. The van der Waals surface area contributed by atoms with E-state index in [-0.39, 0.29) is 11.6 Å². The van der Waals surface area contributed by atoms with E-state index in [0.29, 0.717) is 24.3 Å². The van der Waals surface area contributed by atoms with E-state index in [1.807, 2.05) is 36.6 Å². The predicted octanol–water partition coefficient (Wildman–Crippen LogP) is 2.69. The van der Waals surface area contributed by atoms with Crippen molar-refractivity contribution in [3.05, 3.63) is 68.2 Å². The van der Waals surface area contributed by atoms with E-state index >= 15 is 0 Å². The molecule has 4 heterocycles. The Morgan fingerprint density at radius 2 is 1.97 bits per heavy atom. The van der Waals surface area contributed by atoms with Gasteiger partial charge in [0.25, 0.3) is 5.56 Å². The summed E-state index contributed by atoms with van der Waals surface area (Å²) in [6.07, 6.45) is 3.60. The van der Waals surface area contributed by atoms with Crippen molar-refractivity contribution >= 4 is 28.4 Å². The summed E-state index contributed by atoms with van der Waals surface area (Å²) in [6, 6.07) is 10.2. The maximum atomic E-state index is 13.6. The van der Waals surface area contributed by atoms with E-state index < -0.39 is 0 Å². The summed E-state index contributed by atoms with van der Waals surface area (Å²) in [5, 5.41) is 0.902. The third kappa shape index (κ3) is 3.93. The molecule has 5 rings (SSSR count). The van der Waals surface area contributed by atoms with E-state index in [1.54, 1.807) is 22.2 Å². The van der Waals surface area contributed by atoms with Gasteiger partial charge in [0.05, 0.1) is 18.8 Å². The third-order valence-corrected chi connectivity index (χ3v) is 7.07. The van der Waals surface area contributed by atoms with Gasteiger partial charge < -0.3 is 10.6 Å². The topological polar surface area (TPSA) is 94.9 Å². The Morgan fingerprint density at radius 1 is 1.16 bits per heavy atom. The number of anilines is 1. The van der Waals surface area contributed by atoms with E-state index in [4.69, 9.17) is 10.7 Å². The Labute approximate surface area is 190 Å². The van der Waals surface area contributed by atoms with Crippen molar-refractivity contribution in [3.8, 4) is 0 Å². The second-order valence-corrected chi connectivity index (χ2v) is 9.72. The van der Waals surface area contributed by atoms with Crippen LogP contribution in [0.2, 0.25) is 0 Å². The standard InChI is InChI=1S/C23H27N7OS/c1-15-16(2)32-19(26-15)13-29-14-25-21-20(22(29)31)30(11-17-7-4-3-5-8-17)23(27-21)28-10-6-9-18(24)12-28/h3-5,7-8,14,18H,6,9-13,24H2,1-2H3. The number of fused-ring (bicyclic) bond motifs is 1. The molecule has 0 radical (unpaired) electrons. The lowest BCUT2D eigenvalue weighted by Crippen LogP contribution is -2.44. The molecule has 1 aliphatic rings. The van der Waals surface area contributed by atoms with Gasteiger partial charge in [-0.05, 0) is 32.3 Å². The zero-order valence-corrected chi connectivity index (χ0v) is 19.2. The average Bonchev–Trinajstić information content (AvgIpc) is 3.30. The van der Waals surface area contributed by atoms with Gasteiger partial charge in [-0.3, -0.25) is 13.9 Å². The van der Waals surface area contributed by atoms with Crippen LogP contribution in [0.1, 0.15) is 34.0 Å². The van der Waals surface area contributed by atoms with Gasteiger partial charge in [-0.15, -0.1) is 11.3 Å². The molecule has 0 amide bonds. The lowest BCUT2D eigenvalue weighted by molar-refractivity contribution is 0.495. The molecule has 1 fully saturated rings. The van der Waals surface area contributed by atoms with Crippen molar-refractivity contribution in [1.29, 1.82) is 0 Å². The number of benzene rings is 1. The number of nitrogens with two attached hydrogens (primary N) is 1. The summed E-state index contributed by atoms with van der Waals surface area (Å²) in [5.74, 6) is 0.766. The van der Waals surface area contributed by atoms with Gasteiger partial charge in [0.15, 0.2) is 11.2 Å². The zero-order valence-electron chi connectivity index (χ0n) is 18.4. The first kappa shape index (κ1) is 20.8. The maximum Gasteiger partial charge on any atom is 0.280 e. The van der Waals surface area contributed by atoms with Crippen LogP contribution in [0.25, 0.3) is 11.2 Å². The molecule has 166 valence electrons. The molecular weight excluding hydrogens is 422 g/mol. The van der Waals surface area contributed by atoms with Gasteiger partial charge in [-0.25, -0.2) is 9.97 Å². The third-order valence-electron chi connectivity index (χ3n) is 6.01. The van der Waals surface area contributed by atoms with Gasteiger partial charge >= 0.3 is 0 Å². The van der Waals surface area contributed by atoms with Crippen LogP contribution in [-0.4, -0.2) is 43.2 Å². The Morgan fingerprint density at radius 3 is 2.69 bits per heavy atom. The minimum atomic E-state index is -0.100. The quantitative estimate of drug-likeness (QED) is 0.503. The molecule has 1 aromatic carbocycles. The van der Waals surface area contributed by atoms with Crippen molar-refractivity contribution in [3.63, 3.8) is 0 Å². The molecule has 0 saturated carbocycles. The van der Waals surface area contributed by atoms with Crippen molar-refractivity contribution < 1.29 is 0 Å². The number of nitrogens with zero attached hydrogens (tertiary/aromatic N) is 6. The SMILES string of the molecule is Cc1nc(Cn2cnc3nc(N4CCCC(N)C4)n(Cc4ccccc4)c3c2=O)sc1C. The smallest absolute Gasteiger partial charge is 0.280 e. The predicted molar refractivity (Wildman–Crippen MR) is 127 cm³/mol. The fraction of sp³-hybridized carbons (Fsp3) is 0.391. The molecule has 9 heteroatoms. The number of thiazole rings is 1. The van der Waals surface area contributed by atoms with Crippen LogP contribution < -0.4 is 16.2 Å². The second kappa shape index (κ2) is 8.48. The normalized spacial score (nSPS) is 16.7. The summed E-state index contributed by atoms with van der Waals surface area (Å²) in [5.41, 5.74) is 9.26. The van der Waals surface area contributed by atoms with Crippen molar-refractivity contribution in [2.24, 2.45) is 5.73 Å². The minimum Gasteiger partial charge on any atom is -0.341 e. The van der Waals surface area contributed by atoms with Gasteiger partial charge in [-0.1, -0.05) is 30.3 Å². The fourth-order valence-electron chi connectivity index (χ4n) is 4.26. The number of piperidine rings is 1. The van der Waals surface area contributed by atoms with E-state index in [0.717, 1.165) is 48.1 Å². The first-order valence-corrected chi connectivity index (χ1v) is 11.7. The first-order chi connectivity index (χ1) is 15.5. The minimum absolute atomic E-state index is 0.100. The molecule has 0 bridgehead atoms. The van der Waals surface area contributed by atoms with Crippen molar-refractivity contribution in [2.75, 3.05) is 18.0 Å². The summed E-state index contributed by atoms with van der Waals surface area (Å²) in [4.78, 5) is 30.9. The highest BCUT2D eigenvalue weighted by molar-refractivity contribution is 7.11. The van der Waals surface area contributed by atoms with Crippen LogP contribution in [0, 0.1) is 13.8 Å². The lowest BCUT2D eigenvalue weighted by Gasteiger charge is -2.31. The number of hydrogen-bond donors (Lipinski definition) is 1. The highest BCUT2D eigenvalue weighted by Gasteiger charge is 2.25. The highest BCUT2D eigenvalue weighted by atomic mass is 32.1.